The minimum absolute atomic E-state index is 0.567. The van der Waals surface area contributed by atoms with E-state index >= 15 is 0 Å². The zero-order valence-corrected chi connectivity index (χ0v) is 9.52. The minimum atomic E-state index is 0.567. The van der Waals surface area contributed by atoms with E-state index in [0.717, 1.165) is 11.5 Å². The van der Waals surface area contributed by atoms with Gasteiger partial charge < -0.3 is 5.73 Å². The first-order valence-electron chi connectivity index (χ1n) is 4.64. The molecule has 0 radical (unpaired) electrons. The summed E-state index contributed by atoms with van der Waals surface area (Å²) in [5, 5.41) is 8.32. The van der Waals surface area contributed by atoms with Crippen LogP contribution in [0, 0.1) is 0 Å². The first kappa shape index (κ1) is 12.5. The highest BCUT2D eigenvalue weighted by Crippen LogP contribution is 2.05. The maximum Gasteiger partial charge on any atom is 0.180 e. The number of nitrogens with zero attached hydrogens (tertiary/aromatic N) is 2. The molecule has 0 aromatic heterocycles. The Hall–Kier alpha value is -0.510. The Morgan fingerprint density at radius 1 is 1.23 bits per heavy atom. The van der Waals surface area contributed by atoms with Crippen LogP contribution in [0.15, 0.2) is 10.2 Å². The second kappa shape index (κ2) is 8.10. The van der Waals surface area contributed by atoms with E-state index in [0.29, 0.717) is 5.17 Å². The van der Waals surface area contributed by atoms with Gasteiger partial charge in [0.15, 0.2) is 5.17 Å². The van der Waals surface area contributed by atoms with Crippen molar-refractivity contribution in [3.63, 3.8) is 0 Å². The Balaban J connectivity index is 3.55. The lowest BCUT2D eigenvalue weighted by molar-refractivity contribution is 0.779. The fourth-order valence-electron chi connectivity index (χ4n) is 0.707. The maximum absolute atomic E-state index is 5.61. The van der Waals surface area contributed by atoms with Gasteiger partial charge in [-0.2, -0.15) is 5.10 Å². The molecule has 0 saturated heterocycles. The summed E-state index contributed by atoms with van der Waals surface area (Å²) in [7, 11) is 0. The number of nitrogens with two attached hydrogens (primary N) is 1. The van der Waals surface area contributed by atoms with Crippen molar-refractivity contribution in [2.75, 3.05) is 5.75 Å². The fourth-order valence-corrected chi connectivity index (χ4v) is 1.36. The molecule has 0 saturated carbocycles. The topological polar surface area (TPSA) is 50.7 Å². The van der Waals surface area contributed by atoms with Crippen LogP contribution in [0.2, 0.25) is 0 Å². The van der Waals surface area contributed by atoms with Gasteiger partial charge in [-0.1, -0.05) is 31.5 Å². The highest BCUT2D eigenvalue weighted by Gasteiger charge is 1.92. The average Bonchev–Trinajstić information content (AvgIpc) is 2.09. The van der Waals surface area contributed by atoms with Gasteiger partial charge >= 0.3 is 0 Å². The van der Waals surface area contributed by atoms with Gasteiger partial charge in [-0.05, 0) is 20.3 Å². The Kier molecular flexibility index (Phi) is 7.79. The van der Waals surface area contributed by atoms with Crippen molar-refractivity contribution >= 4 is 22.6 Å². The molecule has 4 heteroatoms. The molecule has 0 fully saturated rings. The third kappa shape index (κ3) is 9.40. The minimum Gasteiger partial charge on any atom is -0.377 e. The number of amidine groups is 1. The van der Waals surface area contributed by atoms with Crippen LogP contribution in [0.4, 0.5) is 0 Å². The predicted octanol–water partition coefficient (Wildman–Crippen LogP) is 2.62. The highest BCUT2D eigenvalue weighted by atomic mass is 32.2. The molecule has 0 spiro atoms. The zero-order chi connectivity index (χ0) is 10.1. The summed E-state index contributed by atoms with van der Waals surface area (Å²) in [6.07, 6.45) is 3.70. The number of rotatable bonds is 5. The monoisotopic (exact) mass is 201 g/mol. The smallest absolute Gasteiger partial charge is 0.180 e. The van der Waals surface area contributed by atoms with E-state index in [2.05, 4.69) is 17.1 Å². The van der Waals surface area contributed by atoms with Gasteiger partial charge in [0, 0.05) is 11.5 Å². The standard InChI is InChI=1S/C9H19N3S/c1-4-5-6-7-13-9(10)12-11-8(2)3/h4-7H2,1-3H3,(H2,10,12). The van der Waals surface area contributed by atoms with Crippen LogP contribution in [0.25, 0.3) is 0 Å². The Morgan fingerprint density at radius 3 is 2.46 bits per heavy atom. The molecule has 0 atom stereocenters. The third-order valence-corrected chi connectivity index (χ3v) is 2.22. The van der Waals surface area contributed by atoms with Crippen LogP contribution >= 0.6 is 11.8 Å². The van der Waals surface area contributed by atoms with E-state index in [1.165, 1.54) is 19.3 Å². The molecule has 0 aliphatic heterocycles. The average molecular weight is 201 g/mol. The largest absolute Gasteiger partial charge is 0.377 e. The van der Waals surface area contributed by atoms with E-state index in [9.17, 15) is 0 Å². The summed E-state index contributed by atoms with van der Waals surface area (Å²) in [4.78, 5) is 0. The number of unbranched alkanes of at least 4 members (excludes halogenated alkanes) is 2. The van der Waals surface area contributed by atoms with E-state index in [1.54, 1.807) is 11.8 Å². The molecule has 0 unspecified atom stereocenters. The molecule has 3 nitrogen and oxygen atoms in total. The maximum atomic E-state index is 5.61. The van der Waals surface area contributed by atoms with Crippen LogP contribution < -0.4 is 5.73 Å². The molecular formula is C9H19N3S. The van der Waals surface area contributed by atoms with E-state index in [1.807, 2.05) is 13.8 Å². The summed E-state index contributed by atoms with van der Waals surface area (Å²) >= 11 is 1.58. The second-order valence-corrected chi connectivity index (χ2v) is 4.16. The van der Waals surface area contributed by atoms with E-state index in [-0.39, 0.29) is 0 Å². The Morgan fingerprint density at radius 2 is 1.92 bits per heavy atom. The van der Waals surface area contributed by atoms with Gasteiger partial charge in [0.25, 0.3) is 0 Å². The molecule has 0 bridgehead atoms. The molecule has 0 aromatic rings. The van der Waals surface area contributed by atoms with Gasteiger partial charge in [-0.15, -0.1) is 5.10 Å². The van der Waals surface area contributed by atoms with Crippen molar-refractivity contribution in [3.8, 4) is 0 Å². The number of thioether (sulfide) groups is 1. The second-order valence-electron chi connectivity index (χ2n) is 3.04. The van der Waals surface area contributed by atoms with E-state index in [4.69, 9.17) is 5.73 Å². The predicted molar refractivity (Wildman–Crippen MR) is 62.4 cm³/mol. The highest BCUT2D eigenvalue weighted by molar-refractivity contribution is 8.13. The quantitative estimate of drug-likeness (QED) is 0.322. The fraction of sp³-hybridized carbons (Fsp3) is 0.778. The SMILES string of the molecule is CCCCCS/C(N)=N\N=C(C)C. The molecule has 0 aliphatic rings. The molecule has 0 heterocycles. The van der Waals surface area contributed by atoms with Crippen molar-refractivity contribution in [2.24, 2.45) is 15.9 Å². The molecular weight excluding hydrogens is 182 g/mol. The normalized spacial score (nSPS) is 11.5. The van der Waals surface area contributed by atoms with Crippen LogP contribution in [0.1, 0.15) is 40.0 Å². The lowest BCUT2D eigenvalue weighted by Crippen LogP contribution is -2.06. The van der Waals surface area contributed by atoms with Crippen molar-refractivity contribution in [2.45, 2.75) is 40.0 Å². The Labute approximate surface area is 84.9 Å². The molecule has 76 valence electrons. The Bertz CT molecular complexity index is 183. The summed E-state index contributed by atoms with van der Waals surface area (Å²) < 4.78 is 0. The van der Waals surface area contributed by atoms with Crippen molar-refractivity contribution in [3.05, 3.63) is 0 Å². The molecule has 0 rings (SSSR count). The van der Waals surface area contributed by atoms with Crippen molar-refractivity contribution in [1.82, 2.24) is 0 Å². The van der Waals surface area contributed by atoms with Gasteiger partial charge in [-0.25, -0.2) is 0 Å². The van der Waals surface area contributed by atoms with Crippen molar-refractivity contribution in [1.29, 1.82) is 0 Å². The molecule has 0 amide bonds. The van der Waals surface area contributed by atoms with Crippen LogP contribution in [-0.4, -0.2) is 16.6 Å². The van der Waals surface area contributed by atoms with Crippen LogP contribution in [-0.2, 0) is 0 Å². The summed E-state index contributed by atoms with van der Waals surface area (Å²) in [6, 6.07) is 0. The first-order valence-corrected chi connectivity index (χ1v) is 5.62. The van der Waals surface area contributed by atoms with Crippen LogP contribution in [0.5, 0.6) is 0 Å². The van der Waals surface area contributed by atoms with Gasteiger partial charge in [-0.3, -0.25) is 0 Å². The van der Waals surface area contributed by atoms with E-state index < -0.39 is 0 Å². The lowest BCUT2D eigenvalue weighted by atomic mass is 10.3. The molecule has 13 heavy (non-hydrogen) atoms. The lowest BCUT2D eigenvalue weighted by Gasteiger charge is -1.97. The summed E-state index contributed by atoms with van der Waals surface area (Å²) in [6.45, 7) is 5.99. The van der Waals surface area contributed by atoms with Gasteiger partial charge in [0.05, 0.1) is 0 Å². The first-order chi connectivity index (χ1) is 6.16. The third-order valence-electron chi connectivity index (χ3n) is 1.35. The molecule has 2 N–H and O–H groups in total. The van der Waals surface area contributed by atoms with Crippen LogP contribution in [0.3, 0.4) is 0 Å². The van der Waals surface area contributed by atoms with Gasteiger partial charge in [0.1, 0.15) is 0 Å². The van der Waals surface area contributed by atoms with Crippen molar-refractivity contribution < 1.29 is 0 Å². The molecule has 0 aliphatic carbocycles. The van der Waals surface area contributed by atoms with Gasteiger partial charge in [0.2, 0.25) is 0 Å². The summed E-state index contributed by atoms with van der Waals surface area (Å²) in [5.74, 6) is 1.04. The zero-order valence-electron chi connectivity index (χ0n) is 8.71. The molecule has 0 aromatic carbocycles. The summed E-state index contributed by atoms with van der Waals surface area (Å²) in [5.41, 5.74) is 6.54. The number of hydrogen-bond donors (Lipinski definition) is 1. The number of hydrogen-bond acceptors (Lipinski definition) is 3.